The zero-order valence-electron chi connectivity index (χ0n) is 10.9. The quantitative estimate of drug-likeness (QED) is 0.561. The number of carbonyl (C=O) groups excluding carboxylic acids is 1. The molecule has 5 nitrogen and oxygen atoms in total. The van der Waals surface area contributed by atoms with Crippen LogP contribution in [-0.4, -0.2) is 43.4 Å². The number of hydrogen-bond donors (Lipinski definition) is 0. The van der Waals surface area contributed by atoms with Gasteiger partial charge in [-0.15, -0.1) is 0 Å². The normalized spacial score (nSPS) is 20.0. The molecule has 1 heterocycles. The van der Waals surface area contributed by atoms with Gasteiger partial charge in [0, 0.05) is 13.0 Å². The van der Waals surface area contributed by atoms with Crippen molar-refractivity contribution in [3.8, 4) is 0 Å². The summed E-state index contributed by atoms with van der Waals surface area (Å²) in [5, 5.41) is 0. The van der Waals surface area contributed by atoms with Crippen LogP contribution in [0.5, 0.6) is 0 Å². The van der Waals surface area contributed by atoms with E-state index in [1.165, 1.54) is 0 Å². The lowest BCUT2D eigenvalue weighted by Crippen LogP contribution is -2.47. The molecule has 12 heteroatoms. The van der Waals surface area contributed by atoms with Gasteiger partial charge < -0.3 is 4.74 Å². The van der Waals surface area contributed by atoms with Gasteiger partial charge in [-0.1, -0.05) is 0 Å². The van der Waals surface area contributed by atoms with E-state index in [9.17, 15) is 39.6 Å². The van der Waals surface area contributed by atoms with Gasteiger partial charge in [-0.05, 0) is 12.8 Å². The molecular weight excluding hydrogens is 344 g/mol. The second-order valence-corrected chi connectivity index (χ2v) is 6.18. The van der Waals surface area contributed by atoms with Crippen molar-refractivity contribution in [3.05, 3.63) is 11.9 Å². The van der Waals surface area contributed by atoms with E-state index >= 15 is 0 Å². The van der Waals surface area contributed by atoms with Crippen molar-refractivity contribution in [3.63, 3.8) is 0 Å². The van der Waals surface area contributed by atoms with Crippen LogP contribution in [0.15, 0.2) is 11.9 Å². The third-order valence-electron chi connectivity index (χ3n) is 2.85. The van der Waals surface area contributed by atoms with Crippen LogP contribution in [0.3, 0.4) is 0 Å². The van der Waals surface area contributed by atoms with Crippen molar-refractivity contribution >= 4 is 16.0 Å². The van der Waals surface area contributed by atoms with E-state index in [1.807, 2.05) is 0 Å². The highest BCUT2D eigenvalue weighted by Gasteiger charge is 2.54. The Morgan fingerprint density at radius 2 is 1.82 bits per heavy atom. The molecule has 1 atom stereocenters. The summed E-state index contributed by atoms with van der Waals surface area (Å²) in [4.78, 5) is 11.6. The number of halogens is 6. The third-order valence-corrected chi connectivity index (χ3v) is 4.49. The van der Waals surface area contributed by atoms with Crippen LogP contribution >= 0.6 is 0 Å². The van der Waals surface area contributed by atoms with Crippen molar-refractivity contribution < 1.29 is 44.3 Å². The highest BCUT2D eigenvalue weighted by atomic mass is 32.2. The SMILES string of the molecule is O=C(OCCC(F)=C(F)F)[C@@H]1CCCN1S(=O)(=O)C(F)(F)F. The highest BCUT2D eigenvalue weighted by molar-refractivity contribution is 7.90. The smallest absolute Gasteiger partial charge is 0.464 e. The minimum atomic E-state index is -5.70. The van der Waals surface area contributed by atoms with Crippen LogP contribution in [0.4, 0.5) is 26.3 Å². The number of rotatable bonds is 5. The molecule has 0 aromatic rings. The number of sulfonamides is 1. The maximum atomic E-state index is 12.5. The molecule has 0 radical (unpaired) electrons. The Balaban J connectivity index is 2.71. The summed E-state index contributed by atoms with van der Waals surface area (Å²) in [5.74, 6) is -3.16. The Labute approximate surface area is 121 Å². The summed E-state index contributed by atoms with van der Waals surface area (Å²) in [6.07, 6.45) is -3.75. The number of ether oxygens (including phenoxy) is 1. The minimum Gasteiger partial charge on any atom is -0.464 e. The monoisotopic (exact) mass is 355 g/mol. The first kappa shape index (κ1) is 18.7. The van der Waals surface area contributed by atoms with Gasteiger partial charge >= 0.3 is 27.6 Å². The van der Waals surface area contributed by atoms with E-state index in [1.54, 1.807) is 0 Å². The molecule has 0 aromatic carbocycles. The predicted molar refractivity (Wildman–Crippen MR) is 60.6 cm³/mol. The average Bonchev–Trinajstić information content (AvgIpc) is 2.86. The number of hydrogen-bond acceptors (Lipinski definition) is 4. The largest absolute Gasteiger partial charge is 0.511 e. The van der Waals surface area contributed by atoms with E-state index < -0.39 is 59.0 Å². The zero-order valence-corrected chi connectivity index (χ0v) is 11.7. The molecule has 0 amide bonds. The summed E-state index contributed by atoms with van der Waals surface area (Å²) in [6.45, 7) is -1.35. The number of esters is 1. The Bertz CT molecular complexity index is 554. The van der Waals surface area contributed by atoms with Gasteiger partial charge in [0.2, 0.25) is 0 Å². The molecule has 128 valence electrons. The van der Waals surface area contributed by atoms with Gasteiger partial charge in [0.25, 0.3) is 0 Å². The van der Waals surface area contributed by atoms with Gasteiger partial charge in [0.15, 0.2) is 5.83 Å². The Hall–Kier alpha value is -1.30. The predicted octanol–water partition coefficient (Wildman–Crippen LogP) is 2.31. The fraction of sp³-hybridized carbons (Fsp3) is 0.700. The molecule has 0 aromatic heterocycles. The van der Waals surface area contributed by atoms with Gasteiger partial charge in [-0.25, -0.2) is 12.8 Å². The van der Waals surface area contributed by atoms with E-state index in [-0.39, 0.29) is 17.1 Å². The number of carbonyl (C=O) groups is 1. The topological polar surface area (TPSA) is 63.7 Å². The molecule has 0 bridgehead atoms. The van der Waals surface area contributed by atoms with Crippen LogP contribution < -0.4 is 0 Å². The Morgan fingerprint density at radius 1 is 1.23 bits per heavy atom. The van der Waals surface area contributed by atoms with E-state index in [0.717, 1.165) is 0 Å². The summed E-state index contributed by atoms with van der Waals surface area (Å²) in [7, 11) is -5.70. The molecule has 1 aliphatic rings. The maximum absolute atomic E-state index is 12.5. The molecule has 22 heavy (non-hydrogen) atoms. The average molecular weight is 355 g/mol. The summed E-state index contributed by atoms with van der Waals surface area (Å²) >= 11 is 0. The molecule has 1 rings (SSSR count). The lowest BCUT2D eigenvalue weighted by molar-refractivity contribution is -0.147. The van der Waals surface area contributed by atoms with Crippen molar-refractivity contribution in [1.82, 2.24) is 4.31 Å². The van der Waals surface area contributed by atoms with Crippen LogP contribution in [0.1, 0.15) is 19.3 Å². The molecule has 0 saturated carbocycles. The molecular formula is C10H11F6NO4S. The maximum Gasteiger partial charge on any atom is 0.511 e. The lowest BCUT2D eigenvalue weighted by Gasteiger charge is -2.23. The Morgan fingerprint density at radius 3 is 2.32 bits per heavy atom. The summed E-state index contributed by atoms with van der Waals surface area (Å²) < 4.78 is 100. The van der Waals surface area contributed by atoms with E-state index in [2.05, 4.69) is 4.74 Å². The second kappa shape index (κ2) is 6.86. The zero-order chi connectivity index (χ0) is 17.1. The number of nitrogens with zero attached hydrogens (tertiary/aromatic N) is 1. The molecule has 1 fully saturated rings. The van der Waals surface area contributed by atoms with Crippen molar-refractivity contribution in [2.24, 2.45) is 0 Å². The molecule has 1 aliphatic heterocycles. The van der Waals surface area contributed by atoms with Crippen LogP contribution in [-0.2, 0) is 19.6 Å². The summed E-state index contributed by atoms with van der Waals surface area (Å²) in [5.41, 5.74) is -5.57. The molecule has 0 spiro atoms. The second-order valence-electron chi connectivity index (χ2n) is 4.30. The summed E-state index contributed by atoms with van der Waals surface area (Å²) in [6, 6.07) is -1.70. The Kier molecular flexibility index (Phi) is 5.84. The van der Waals surface area contributed by atoms with Gasteiger partial charge in [0.05, 0.1) is 6.61 Å². The number of alkyl halides is 3. The van der Waals surface area contributed by atoms with Crippen LogP contribution in [0, 0.1) is 0 Å². The highest BCUT2D eigenvalue weighted by Crippen LogP contribution is 2.32. The standard InChI is InChI=1S/C10H11F6NO4S/c11-6(8(12)13)3-5-21-9(18)7-2-1-4-17(7)22(19,20)10(14,15)16/h7H,1-5H2/t7-/m0/s1. The van der Waals surface area contributed by atoms with Crippen LogP contribution in [0.2, 0.25) is 0 Å². The van der Waals surface area contributed by atoms with E-state index in [0.29, 0.717) is 0 Å². The fourth-order valence-electron chi connectivity index (χ4n) is 1.83. The van der Waals surface area contributed by atoms with Gasteiger partial charge in [0.1, 0.15) is 6.04 Å². The fourth-order valence-corrected chi connectivity index (χ4v) is 2.99. The molecule has 1 saturated heterocycles. The molecule has 0 unspecified atom stereocenters. The minimum absolute atomic E-state index is 0.00243. The van der Waals surface area contributed by atoms with Crippen molar-refractivity contribution in [1.29, 1.82) is 0 Å². The molecule has 0 aliphatic carbocycles. The van der Waals surface area contributed by atoms with Gasteiger partial charge in [-0.3, -0.25) is 4.79 Å². The van der Waals surface area contributed by atoms with Crippen LogP contribution in [0.25, 0.3) is 0 Å². The lowest BCUT2D eigenvalue weighted by atomic mass is 10.2. The molecule has 0 N–H and O–H groups in total. The van der Waals surface area contributed by atoms with E-state index in [4.69, 9.17) is 0 Å². The first-order valence-corrected chi connectivity index (χ1v) is 7.37. The van der Waals surface area contributed by atoms with Crippen molar-refractivity contribution in [2.75, 3.05) is 13.2 Å². The van der Waals surface area contributed by atoms with Crippen molar-refractivity contribution in [2.45, 2.75) is 30.8 Å². The third kappa shape index (κ3) is 4.12. The van der Waals surface area contributed by atoms with Gasteiger partial charge in [-0.2, -0.15) is 26.3 Å². The first-order chi connectivity index (χ1) is 9.98. The first-order valence-electron chi connectivity index (χ1n) is 5.93.